The molecule has 0 aromatic carbocycles. The van der Waals surface area contributed by atoms with Crippen molar-refractivity contribution in [2.75, 3.05) is 11.4 Å². The lowest BCUT2D eigenvalue weighted by molar-refractivity contribution is 0.296. The van der Waals surface area contributed by atoms with Gasteiger partial charge in [0.1, 0.15) is 10.6 Å². The van der Waals surface area contributed by atoms with E-state index in [1.165, 1.54) is 6.42 Å². The fraction of sp³-hybridized carbons (Fsp3) is 0.571. The summed E-state index contributed by atoms with van der Waals surface area (Å²) in [7, 11) is 0. The fourth-order valence-electron chi connectivity index (χ4n) is 3.03. The molecule has 0 saturated carbocycles. The van der Waals surface area contributed by atoms with E-state index in [0.29, 0.717) is 23.2 Å². The lowest BCUT2D eigenvalue weighted by Gasteiger charge is -2.42. The predicted octanol–water partition coefficient (Wildman–Crippen LogP) is 4.22. The van der Waals surface area contributed by atoms with Crippen LogP contribution in [0.2, 0.25) is 5.28 Å². The molecule has 3 unspecified atom stereocenters. The molecule has 1 aliphatic heterocycles. The minimum absolute atomic E-state index is 0.350. The molecular weight excluding hydrogens is 278 g/mol. The van der Waals surface area contributed by atoms with E-state index in [-0.39, 0.29) is 0 Å². The second kappa shape index (κ2) is 4.91. The molecule has 2 aromatic rings. The van der Waals surface area contributed by atoms with Crippen LogP contribution in [0.3, 0.4) is 0 Å². The minimum Gasteiger partial charge on any atom is -0.353 e. The largest absolute Gasteiger partial charge is 0.353 e. The second-order valence-corrected chi connectivity index (χ2v) is 6.90. The molecule has 3 rings (SSSR count). The van der Waals surface area contributed by atoms with E-state index in [1.54, 1.807) is 11.3 Å². The number of thiophene rings is 1. The van der Waals surface area contributed by atoms with Gasteiger partial charge in [0.05, 0.1) is 5.39 Å². The molecule has 2 aromatic heterocycles. The maximum atomic E-state index is 6.08. The zero-order valence-electron chi connectivity index (χ0n) is 11.4. The average molecular weight is 296 g/mol. The van der Waals surface area contributed by atoms with Gasteiger partial charge in [-0.2, -0.15) is 4.98 Å². The van der Waals surface area contributed by atoms with Crippen LogP contribution in [0.15, 0.2) is 11.4 Å². The van der Waals surface area contributed by atoms with Crippen molar-refractivity contribution in [2.45, 2.75) is 33.2 Å². The molecule has 1 fully saturated rings. The summed E-state index contributed by atoms with van der Waals surface area (Å²) >= 11 is 7.70. The molecule has 5 heteroatoms. The Kier molecular flexibility index (Phi) is 3.39. The Morgan fingerprint density at radius 2 is 2.11 bits per heavy atom. The van der Waals surface area contributed by atoms with Crippen molar-refractivity contribution >= 4 is 39.0 Å². The van der Waals surface area contributed by atoms with E-state index in [0.717, 1.165) is 22.6 Å². The maximum absolute atomic E-state index is 6.08. The first-order chi connectivity index (χ1) is 9.06. The molecule has 0 radical (unpaired) electrons. The van der Waals surface area contributed by atoms with Crippen LogP contribution in [0.5, 0.6) is 0 Å². The first-order valence-electron chi connectivity index (χ1n) is 6.73. The lowest BCUT2D eigenvalue weighted by Crippen LogP contribution is -2.46. The van der Waals surface area contributed by atoms with Crippen LogP contribution in [0, 0.1) is 11.8 Å². The molecule has 3 heterocycles. The summed E-state index contributed by atoms with van der Waals surface area (Å²) in [6, 6.07) is 2.59. The summed E-state index contributed by atoms with van der Waals surface area (Å²) in [6.07, 6.45) is 1.28. The van der Waals surface area contributed by atoms with E-state index >= 15 is 0 Å². The summed E-state index contributed by atoms with van der Waals surface area (Å²) in [5, 5.41) is 3.53. The highest BCUT2D eigenvalue weighted by Crippen LogP contribution is 2.35. The van der Waals surface area contributed by atoms with Gasteiger partial charge in [-0.05, 0) is 48.2 Å². The molecule has 102 valence electrons. The highest BCUT2D eigenvalue weighted by Gasteiger charge is 2.31. The standard InChI is InChI=1S/C14H18ClN3S/c1-8-6-9(2)10(3)18(7-8)12-11-4-5-19-13(11)17-14(15)16-12/h4-5,8-10H,6-7H2,1-3H3. The van der Waals surface area contributed by atoms with Crippen molar-refractivity contribution in [2.24, 2.45) is 11.8 Å². The van der Waals surface area contributed by atoms with Crippen molar-refractivity contribution < 1.29 is 0 Å². The van der Waals surface area contributed by atoms with Crippen LogP contribution < -0.4 is 4.90 Å². The Morgan fingerprint density at radius 1 is 1.32 bits per heavy atom. The van der Waals surface area contributed by atoms with Gasteiger partial charge in [0.2, 0.25) is 5.28 Å². The van der Waals surface area contributed by atoms with Gasteiger partial charge in [-0.15, -0.1) is 11.3 Å². The maximum Gasteiger partial charge on any atom is 0.225 e. The van der Waals surface area contributed by atoms with E-state index in [9.17, 15) is 0 Å². The molecule has 0 amide bonds. The molecular formula is C14H18ClN3S. The summed E-state index contributed by atoms with van der Waals surface area (Å²) in [5.41, 5.74) is 0. The zero-order chi connectivity index (χ0) is 13.6. The number of nitrogens with zero attached hydrogens (tertiary/aromatic N) is 3. The Balaban J connectivity index is 2.09. The SMILES string of the molecule is CC1CC(C)C(C)N(c2nc(Cl)nc3sccc23)C1. The number of rotatable bonds is 1. The molecule has 0 bridgehead atoms. The van der Waals surface area contributed by atoms with Gasteiger partial charge in [-0.25, -0.2) is 4.98 Å². The number of anilines is 1. The normalized spacial score (nSPS) is 28.0. The van der Waals surface area contributed by atoms with Gasteiger partial charge >= 0.3 is 0 Å². The zero-order valence-corrected chi connectivity index (χ0v) is 13.0. The topological polar surface area (TPSA) is 29.0 Å². The van der Waals surface area contributed by atoms with Gasteiger partial charge in [-0.1, -0.05) is 13.8 Å². The van der Waals surface area contributed by atoms with Gasteiger partial charge in [-0.3, -0.25) is 0 Å². The smallest absolute Gasteiger partial charge is 0.225 e. The van der Waals surface area contributed by atoms with Crippen LogP contribution >= 0.6 is 22.9 Å². The lowest BCUT2D eigenvalue weighted by atomic mass is 9.86. The van der Waals surface area contributed by atoms with Crippen molar-refractivity contribution in [3.05, 3.63) is 16.7 Å². The monoisotopic (exact) mass is 295 g/mol. The Bertz CT molecular complexity index is 597. The van der Waals surface area contributed by atoms with Gasteiger partial charge in [0.15, 0.2) is 0 Å². The van der Waals surface area contributed by atoms with Crippen LogP contribution in [-0.2, 0) is 0 Å². The number of halogens is 1. The highest BCUT2D eigenvalue weighted by atomic mass is 35.5. The van der Waals surface area contributed by atoms with Crippen LogP contribution in [0.1, 0.15) is 27.2 Å². The molecule has 3 atom stereocenters. The summed E-state index contributed by atoms with van der Waals surface area (Å²) in [6.45, 7) is 7.96. The molecule has 1 aliphatic rings. The Hall–Kier alpha value is -0.870. The van der Waals surface area contributed by atoms with E-state index in [1.807, 2.05) is 0 Å². The number of aromatic nitrogens is 2. The fourth-order valence-corrected chi connectivity index (χ4v) is 4.00. The van der Waals surface area contributed by atoms with Gasteiger partial charge < -0.3 is 4.90 Å². The first-order valence-corrected chi connectivity index (χ1v) is 7.99. The predicted molar refractivity (Wildman–Crippen MR) is 82.2 cm³/mol. The minimum atomic E-state index is 0.350. The van der Waals surface area contributed by atoms with Crippen molar-refractivity contribution in [3.8, 4) is 0 Å². The van der Waals surface area contributed by atoms with E-state index in [4.69, 9.17) is 11.6 Å². The van der Waals surface area contributed by atoms with Crippen molar-refractivity contribution in [1.82, 2.24) is 9.97 Å². The number of hydrogen-bond donors (Lipinski definition) is 0. The summed E-state index contributed by atoms with van der Waals surface area (Å²) < 4.78 is 0. The quantitative estimate of drug-likeness (QED) is 0.738. The first kappa shape index (κ1) is 13.1. The van der Waals surface area contributed by atoms with Crippen molar-refractivity contribution in [1.29, 1.82) is 0 Å². The molecule has 0 N–H and O–H groups in total. The third kappa shape index (κ3) is 2.32. The average Bonchev–Trinajstić information content (AvgIpc) is 2.80. The van der Waals surface area contributed by atoms with Crippen LogP contribution in [0.4, 0.5) is 5.82 Å². The highest BCUT2D eigenvalue weighted by molar-refractivity contribution is 7.16. The Morgan fingerprint density at radius 3 is 2.89 bits per heavy atom. The summed E-state index contributed by atoms with van der Waals surface area (Å²) in [5.74, 6) is 2.36. The van der Waals surface area contributed by atoms with Crippen molar-refractivity contribution in [3.63, 3.8) is 0 Å². The Labute approximate surface area is 122 Å². The van der Waals surface area contributed by atoms with E-state index in [2.05, 4.69) is 47.1 Å². The third-order valence-electron chi connectivity index (χ3n) is 4.15. The molecule has 19 heavy (non-hydrogen) atoms. The van der Waals surface area contributed by atoms with Crippen LogP contribution in [0.25, 0.3) is 10.2 Å². The molecule has 0 aliphatic carbocycles. The van der Waals surface area contributed by atoms with Gasteiger partial charge in [0.25, 0.3) is 0 Å². The molecule has 3 nitrogen and oxygen atoms in total. The number of piperidine rings is 1. The molecule has 1 saturated heterocycles. The molecule has 0 spiro atoms. The third-order valence-corrected chi connectivity index (χ3v) is 5.12. The van der Waals surface area contributed by atoms with Gasteiger partial charge in [0, 0.05) is 12.6 Å². The second-order valence-electron chi connectivity index (χ2n) is 5.67. The van der Waals surface area contributed by atoms with Crippen LogP contribution in [-0.4, -0.2) is 22.6 Å². The number of hydrogen-bond acceptors (Lipinski definition) is 4. The summed E-state index contributed by atoms with van der Waals surface area (Å²) in [4.78, 5) is 12.2. The number of fused-ring (bicyclic) bond motifs is 1. The van der Waals surface area contributed by atoms with E-state index < -0.39 is 0 Å².